The summed E-state index contributed by atoms with van der Waals surface area (Å²) in [6.07, 6.45) is 10.9. The van der Waals surface area contributed by atoms with Gasteiger partial charge in [0.15, 0.2) is 0 Å². The van der Waals surface area contributed by atoms with E-state index in [1.54, 1.807) is 0 Å². The van der Waals surface area contributed by atoms with Crippen molar-refractivity contribution in [1.82, 2.24) is 10.2 Å². The summed E-state index contributed by atoms with van der Waals surface area (Å²) < 4.78 is 0.349. The number of likely N-dealkylation sites (tertiary alicyclic amines) is 1. The van der Waals surface area contributed by atoms with Gasteiger partial charge in [-0.25, -0.2) is 4.79 Å². The highest BCUT2D eigenvalue weighted by molar-refractivity contribution is 8.00. The third kappa shape index (κ3) is 3.30. The van der Waals surface area contributed by atoms with Crippen molar-refractivity contribution >= 4 is 17.8 Å². The molecule has 2 aliphatic rings. The van der Waals surface area contributed by atoms with E-state index < -0.39 is 0 Å². The maximum absolute atomic E-state index is 12.1. The van der Waals surface area contributed by atoms with E-state index in [0.29, 0.717) is 4.75 Å². The summed E-state index contributed by atoms with van der Waals surface area (Å²) in [6.45, 7) is 2.74. The molecule has 17 heavy (non-hydrogen) atoms. The Balaban J connectivity index is 1.75. The fourth-order valence-electron chi connectivity index (χ4n) is 2.65. The summed E-state index contributed by atoms with van der Waals surface area (Å²) in [5.41, 5.74) is 0. The first-order valence-corrected chi connectivity index (χ1v) is 8.06. The van der Waals surface area contributed by atoms with Crippen LogP contribution in [0, 0.1) is 0 Å². The standard InChI is InChI=1S/C13H24N2OS/c1-17-13(7-6-8-13)11-14-12(16)15-9-4-2-3-5-10-15/h2-11H2,1H3,(H,14,16). The molecule has 0 unspecified atom stereocenters. The molecule has 4 heteroatoms. The summed E-state index contributed by atoms with van der Waals surface area (Å²) in [4.78, 5) is 14.1. The Morgan fingerprint density at radius 2 is 1.82 bits per heavy atom. The monoisotopic (exact) mass is 256 g/mol. The van der Waals surface area contributed by atoms with Crippen molar-refractivity contribution in [3.8, 4) is 0 Å². The van der Waals surface area contributed by atoms with E-state index in [1.807, 2.05) is 16.7 Å². The summed E-state index contributed by atoms with van der Waals surface area (Å²) in [5, 5.41) is 3.14. The molecule has 0 aromatic carbocycles. The van der Waals surface area contributed by atoms with E-state index in [4.69, 9.17) is 0 Å². The number of carbonyl (C=O) groups is 1. The Hall–Kier alpha value is -0.380. The Morgan fingerprint density at radius 3 is 2.29 bits per heavy atom. The molecule has 1 aliphatic heterocycles. The zero-order chi connectivity index (χ0) is 12.1. The number of nitrogens with one attached hydrogen (secondary N) is 1. The smallest absolute Gasteiger partial charge is 0.317 e. The van der Waals surface area contributed by atoms with Crippen LogP contribution in [0.1, 0.15) is 44.9 Å². The zero-order valence-corrected chi connectivity index (χ0v) is 11.7. The van der Waals surface area contributed by atoms with Crippen molar-refractivity contribution in [2.24, 2.45) is 0 Å². The van der Waals surface area contributed by atoms with Gasteiger partial charge in [0.05, 0.1) is 0 Å². The molecule has 0 radical (unpaired) electrons. The quantitative estimate of drug-likeness (QED) is 0.842. The second kappa shape index (κ2) is 5.98. The van der Waals surface area contributed by atoms with Crippen molar-refractivity contribution in [3.05, 3.63) is 0 Å². The lowest BCUT2D eigenvalue weighted by Gasteiger charge is -2.40. The predicted octanol–water partition coefficient (Wildman–Crippen LogP) is 2.86. The van der Waals surface area contributed by atoms with Crippen LogP contribution < -0.4 is 5.32 Å². The molecule has 2 amide bonds. The van der Waals surface area contributed by atoms with Crippen molar-refractivity contribution in [3.63, 3.8) is 0 Å². The van der Waals surface area contributed by atoms with Gasteiger partial charge >= 0.3 is 6.03 Å². The van der Waals surface area contributed by atoms with Gasteiger partial charge in [0.25, 0.3) is 0 Å². The summed E-state index contributed by atoms with van der Waals surface area (Å²) in [7, 11) is 0. The number of hydrogen-bond donors (Lipinski definition) is 1. The summed E-state index contributed by atoms with van der Waals surface area (Å²) >= 11 is 1.92. The van der Waals surface area contributed by atoms with Crippen LogP contribution >= 0.6 is 11.8 Å². The lowest BCUT2D eigenvalue weighted by molar-refractivity contribution is 0.196. The number of rotatable bonds is 3. The molecule has 0 bridgehead atoms. The average molecular weight is 256 g/mol. The minimum atomic E-state index is 0.159. The fourth-order valence-corrected chi connectivity index (χ4v) is 3.56. The van der Waals surface area contributed by atoms with Crippen molar-refractivity contribution in [2.45, 2.75) is 49.7 Å². The van der Waals surface area contributed by atoms with Gasteiger partial charge in [-0.15, -0.1) is 0 Å². The molecular formula is C13H24N2OS. The van der Waals surface area contributed by atoms with Gasteiger partial charge in [-0.3, -0.25) is 0 Å². The molecule has 0 aromatic heterocycles. The van der Waals surface area contributed by atoms with Crippen LogP contribution in [-0.2, 0) is 0 Å². The minimum absolute atomic E-state index is 0.159. The largest absolute Gasteiger partial charge is 0.337 e. The number of amides is 2. The molecule has 2 rings (SSSR count). The van der Waals surface area contributed by atoms with Crippen LogP contribution in [-0.4, -0.2) is 41.6 Å². The Labute approximate surface area is 109 Å². The van der Waals surface area contributed by atoms with E-state index in [9.17, 15) is 4.79 Å². The van der Waals surface area contributed by atoms with E-state index >= 15 is 0 Å². The molecule has 0 atom stereocenters. The molecule has 1 N–H and O–H groups in total. The van der Waals surface area contributed by atoms with Gasteiger partial charge in [0.1, 0.15) is 0 Å². The van der Waals surface area contributed by atoms with Gasteiger partial charge < -0.3 is 10.2 Å². The molecule has 0 aromatic rings. The molecule has 1 saturated carbocycles. The summed E-state index contributed by atoms with van der Waals surface area (Å²) in [6, 6.07) is 0.159. The Bertz CT molecular complexity index is 253. The number of nitrogens with zero attached hydrogens (tertiary/aromatic N) is 1. The van der Waals surface area contributed by atoms with Crippen LogP contribution in [0.2, 0.25) is 0 Å². The van der Waals surface area contributed by atoms with Crippen molar-refractivity contribution < 1.29 is 4.79 Å². The Kier molecular flexibility index (Phi) is 4.60. The molecule has 1 saturated heterocycles. The van der Waals surface area contributed by atoms with Crippen LogP contribution in [0.3, 0.4) is 0 Å². The molecule has 98 valence electrons. The number of urea groups is 1. The highest BCUT2D eigenvalue weighted by atomic mass is 32.2. The van der Waals surface area contributed by atoms with E-state index in [-0.39, 0.29) is 6.03 Å². The van der Waals surface area contributed by atoms with E-state index in [2.05, 4.69) is 11.6 Å². The third-order valence-electron chi connectivity index (χ3n) is 4.15. The first-order valence-electron chi connectivity index (χ1n) is 6.84. The second-order valence-corrected chi connectivity index (χ2v) is 6.57. The normalized spacial score (nSPS) is 23.7. The molecule has 3 nitrogen and oxygen atoms in total. The lowest BCUT2D eigenvalue weighted by atomic mass is 9.84. The molecular weight excluding hydrogens is 232 g/mol. The van der Waals surface area contributed by atoms with E-state index in [0.717, 1.165) is 19.6 Å². The van der Waals surface area contributed by atoms with Gasteiger partial charge in [0.2, 0.25) is 0 Å². The van der Waals surface area contributed by atoms with Crippen LogP contribution in [0.4, 0.5) is 4.79 Å². The zero-order valence-electron chi connectivity index (χ0n) is 10.8. The van der Waals surface area contributed by atoms with Crippen LogP contribution in [0.15, 0.2) is 0 Å². The molecule has 1 aliphatic carbocycles. The fraction of sp³-hybridized carbons (Fsp3) is 0.923. The van der Waals surface area contributed by atoms with Gasteiger partial charge in [-0.1, -0.05) is 19.3 Å². The lowest BCUT2D eigenvalue weighted by Crippen LogP contribution is -2.49. The SMILES string of the molecule is CSC1(CNC(=O)N2CCCCCC2)CCC1. The van der Waals surface area contributed by atoms with Crippen molar-refractivity contribution in [1.29, 1.82) is 0 Å². The topological polar surface area (TPSA) is 32.3 Å². The van der Waals surface area contributed by atoms with E-state index in [1.165, 1.54) is 44.9 Å². The first-order chi connectivity index (χ1) is 8.26. The van der Waals surface area contributed by atoms with Gasteiger partial charge in [0, 0.05) is 24.4 Å². The number of thioether (sulfide) groups is 1. The molecule has 0 spiro atoms. The second-order valence-electron chi connectivity index (χ2n) is 5.30. The third-order valence-corrected chi connectivity index (χ3v) is 5.57. The average Bonchev–Trinajstić information content (AvgIpc) is 2.56. The molecule has 1 heterocycles. The predicted molar refractivity (Wildman–Crippen MR) is 73.5 cm³/mol. The Morgan fingerprint density at radius 1 is 1.18 bits per heavy atom. The van der Waals surface area contributed by atoms with Crippen LogP contribution in [0.5, 0.6) is 0 Å². The number of hydrogen-bond acceptors (Lipinski definition) is 2. The van der Waals surface area contributed by atoms with Crippen LogP contribution in [0.25, 0.3) is 0 Å². The maximum atomic E-state index is 12.1. The molecule has 2 fully saturated rings. The highest BCUT2D eigenvalue weighted by Crippen LogP contribution is 2.42. The maximum Gasteiger partial charge on any atom is 0.317 e. The number of carbonyl (C=O) groups excluding carboxylic acids is 1. The summed E-state index contributed by atoms with van der Waals surface area (Å²) in [5.74, 6) is 0. The first kappa shape index (κ1) is 13.1. The van der Waals surface area contributed by atoms with Crippen molar-refractivity contribution in [2.75, 3.05) is 25.9 Å². The van der Waals surface area contributed by atoms with Gasteiger partial charge in [-0.2, -0.15) is 11.8 Å². The minimum Gasteiger partial charge on any atom is -0.337 e. The van der Waals surface area contributed by atoms with Gasteiger partial charge in [-0.05, 0) is 31.9 Å². The highest BCUT2D eigenvalue weighted by Gasteiger charge is 2.36.